The van der Waals surface area contributed by atoms with E-state index in [9.17, 15) is 13.2 Å². The minimum Gasteiger partial charge on any atom is -0.384 e. The van der Waals surface area contributed by atoms with Gasteiger partial charge in [0, 0.05) is 5.69 Å². The fourth-order valence-electron chi connectivity index (χ4n) is 1.79. The molecule has 0 fully saturated rings. The number of aromatic nitrogens is 1. The van der Waals surface area contributed by atoms with Crippen molar-refractivity contribution >= 4 is 17.3 Å². The van der Waals surface area contributed by atoms with E-state index in [1.165, 1.54) is 0 Å². The van der Waals surface area contributed by atoms with Gasteiger partial charge in [-0.15, -0.1) is 0 Å². The molecule has 20 heavy (non-hydrogen) atoms. The summed E-state index contributed by atoms with van der Waals surface area (Å²) in [6.45, 7) is 3.76. The van der Waals surface area contributed by atoms with Crippen molar-refractivity contribution in [3.8, 4) is 0 Å². The van der Waals surface area contributed by atoms with Crippen LogP contribution in [-0.2, 0) is 6.18 Å². The summed E-state index contributed by atoms with van der Waals surface area (Å²) in [5.74, 6) is -0.0985. The number of alkyl halides is 3. The summed E-state index contributed by atoms with van der Waals surface area (Å²) >= 11 is 0. The fraction of sp³-hybridized carbons (Fsp3) is 0.214. The molecule has 3 N–H and O–H groups in total. The minimum absolute atomic E-state index is 0.0750. The number of benzene rings is 1. The number of rotatable bonds is 2. The van der Waals surface area contributed by atoms with Crippen LogP contribution in [0, 0.1) is 13.8 Å². The molecule has 106 valence electrons. The molecule has 0 amide bonds. The second-order valence-corrected chi connectivity index (χ2v) is 4.61. The molecule has 0 aliphatic heterocycles. The van der Waals surface area contributed by atoms with Crippen molar-refractivity contribution in [1.82, 2.24) is 4.98 Å². The molecule has 6 heteroatoms. The van der Waals surface area contributed by atoms with Crippen LogP contribution in [0.2, 0.25) is 0 Å². The quantitative estimate of drug-likeness (QED) is 0.873. The van der Waals surface area contributed by atoms with Gasteiger partial charge in [-0.05, 0) is 43.2 Å². The predicted molar refractivity (Wildman–Crippen MR) is 72.9 cm³/mol. The van der Waals surface area contributed by atoms with E-state index in [1.807, 2.05) is 32.0 Å². The Hall–Kier alpha value is -2.24. The van der Waals surface area contributed by atoms with Crippen LogP contribution in [0.25, 0.3) is 0 Å². The summed E-state index contributed by atoms with van der Waals surface area (Å²) < 4.78 is 38.2. The monoisotopic (exact) mass is 281 g/mol. The Morgan fingerprint density at radius 3 is 2.45 bits per heavy atom. The first-order chi connectivity index (χ1) is 9.25. The lowest BCUT2D eigenvalue weighted by atomic mass is 10.1. The van der Waals surface area contributed by atoms with Crippen molar-refractivity contribution in [2.75, 3.05) is 11.1 Å². The molecule has 0 saturated carbocycles. The lowest BCUT2D eigenvalue weighted by Gasteiger charge is -2.13. The van der Waals surface area contributed by atoms with Crippen molar-refractivity contribution < 1.29 is 13.2 Å². The second-order valence-electron chi connectivity index (χ2n) is 4.61. The van der Waals surface area contributed by atoms with E-state index in [2.05, 4.69) is 10.3 Å². The Labute approximate surface area is 114 Å². The highest BCUT2D eigenvalue weighted by atomic mass is 19.4. The van der Waals surface area contributed by atoms with Gasteiger partial charge in [0.15, 0.2) is 0 Å². The summed E-state index contributed by atoms with van der Waals surface area (Å²) in [5.41, 5.74) is 7.22. The average Bonchev–Trinajstić information content (AvgIpc) is 2.32. The molecule has 1 aromatic heterocycles. The lowest BCUT2D eigenvalue weighted by molar-refractivity contribution is -0.137. The van der Waals surface area contributed by atoms with Gasteiger partial charge in [0.2, 0.25) is 0 Å². The van der Waals surface area contributed by atoms with E-state index in [0.717, 1.165) is 23.3 Å². The summed E-state index contributed by atoms with van der Waals surface area (Å²) in [7, 11) is 0. The number of aryl methyl sites for hydroxylation is 2. The van der Waals surface area contributed by atoms with E-state index < -0.39 is 11.7 Å². The Bertz CT molecular complexity index is 636. The first-order valence-electron chi connectivity index (χ1n) is 5.95. The Morgan fingerprint density at radius 2 is 1.80 bits per heavy atom. The number of nitrogens with two attached hydrogens (primary N) is 1. The van der Waals surface area contributed by atoms with Crippen LogP contribution in [0.15, 0.2) is 30.3 Å². The van der Waals surface area contributed by atoms with Crippen molar-refractivity contribution in [2.45, 2.75) is 20.0 Å². The summed E-state index contributed by atoms with van der Waals surface area (Å²) in [6, 6.07) is 7.41. The fourth-order valence-corrected chi connectivity index (χ4v) is 1.79. The number of nitrogens with zero attached hydrogens (tertiary/aromatic N) is 1. The zero-order valence-corrected chi connectivity index (χ0v) is 11.0. The van der Waals surface area contributed by atoms with Crippen molar-refractivity contribution in [2.24, 2.45) is 0 Å². The summed E-state index contributed by atoms with van der Waals surface area (Å²) in [5, 5.41) is 2.88. The molecule has 0 unspecified atom stereocenters. The van der Waals surface area contributed by atoms with Gasteiger partial charge in [0.1, 0.15) is 11.6 Å². The first-order valence-corrected chi connectivity index (χ1v) is 5.95. The Kier molecular flexibility index (Phi) is 3.57. The largest absolute Gasteiger partial charge is 0.416 e. The number of hydrogen-bond donors (Lipinski definition) is 2. The number of nitrogen functional groups attached to an aromatic ring is 1. The van der Waals surface area contributed by atoms with Crippen LogP contribution >= 0.6 is 0 Å². The lowest BCUT2D eigenvalue weighted by Crippen LogP contribution is -2.08. The molecule has 0 aliphatic carbocycles. The van der Waals surface area contributed by atoms with Crippen LogP contribution < -0.4 is 11.1 Å². The molecule has 0 radical (unpaired) electrons. The van der Waals surface area contributed by atoms with Crippen LogP contribution in [0.3, 0.4) is 0 Å². The number of anilines is 3. The van der Waals surface area contributed by atoms with Gasteiger partial charge in [-0.2, -0.15) is 13.2 Å². The van der Waals surface area contributed by atoms with Crippen LogP contribution in [0.5, 0.6) is 0 Å². The van der Waals surface area contributed by atoms with Gasteiger partial charge >= 0.3 is 6.18 Å². The normalized spacial score (nSPS) is 11.4. The highest BCUT2D eigenvalue weighted by Crippen LogP contribution is 2.32. The third-order valence-corrected chi connectivity index (χ3v) is 2.83. The molecular formula is C14H14F3N3. The second kappa shape index (κ2) is 5.03. The highest BCUT2D eigenvalue weighted by Gasteiger charge is 2.31. The molecule has 1 aromatic carbocycles. The van der Waals surface area contributed by atoms with Crippen molar-refractivity contribution in [3.05, 3.63) is 47.0 Å². The van der Waals surface area contributed by atoms with E-state index >= 15 is 0 Å². The van der Waals surface area contributed by atoms with Crippen LogP contribution in [0.1, 0.15) is 16.7 Å². The maximum atomic E-state index is 12.7. The minimum atomic E-state index is -4.45. The number of pyridine rings is 1. The third kappa shape index (κ3) is 3.20. The molecular weight excluding hydrogens is 267 g/mol. The van der Waals surface area contributed by atoms with E-state index in [4.69, 9.17) is 5.73 Å². The van der Waals surface area contributed by atoms with Crippen LogP contribution in [-0.4, -0.2) is 4.98 Å². The van der Waals surface area contributed by atoms with Gasteiger partial charge in [-0.3, -0.25) is 0 Å². The van der Waals surface area contributed by atoms with Crippen molar-refractivity contribution in [3.63, 3.8) is 0 Å². The zero-order chi connectivity index (χ0) is 14.9. The molecule has 0 aliphatic rings. The highest BCUT2D eigenvalue weighted by molar-refractivity contribution is 5.63. The SMILES string of the molecule is Cc1ccc(C)c(Nc2cc(C(F)(F)F)cc(N)n2)c1. The standard InChI is InChI=1S/C14H14F3N3/c1-8-3-4-9(2)11(5-8)19-13-7-10(14(15,16)17)6-12(18)20-13/h3-7H,1-2H3,(H3,18,19,20). The van der Waals surface area contributed by atoms with E-state index in [-0.39, 0.29) is 11.6 Å². The third-order valence-electron chi connectivity index (χ3n) is 2.83. The van der Waals surface area contributed by atoms with E-state index in [0.29, 0.717) is 5.69 Å². The van der Waals surface area contributed by atoms with Gasteiger partial charge < -0.3 is 11.1 Å². The maximum absolute atomic E-state index is 12.7. The molecule has 2 rings (SSSR count). The smallest absolute Gasteiger partial charge is 0.384 e. The molecule has 2 aromatic rings. The molecule has 0 bridgehead atoms. The number of halogens is 3. The maximum Gasteiger partial charge on any atom is 0.416 e. The number of hydrogen-bond acceptors (Lipinski definition) is 3. The average molecular weight is 281 g/mol. The molecule has 0 saturated heterocycles. The van der Waals surface area contributed by atoms with Crippen molar-refractivity contribution in [1.29, 1.82) is 0 Å². The van der Waals surface area contributed by atoms with E-state index in [1.54, 1.807) is 0 Å². The summed E-state index contributed by atoms with van der Waals surface area (Å²) in [4.78, 5) is 3.88. The summed E-state index contributed by atoms with van der Waals surface area (Å²) in [6.07, 6.45) is -4.45. The van der Waals surface area contributed by atoms with Gasteiger partial charge in [0.25, 0.3) is 0 Å². The zero-order valence-electron chi connectivity index (χ0n) is 11.0. The molecule has 0 spiro atoms. The number of nitrogens with one attached hydrogen (secondary N) is 1. The van der Waals surface area contributed by atoms with Gasteiger partial charge in [-0.25, -0.2) is 4.98 Å². The van der Waals surface area contributed by atoms with Crippen LogP contribution in [0.4, 0.5) is 30.5 Å². The first kappa shape index (κ1) is 14.2. The Balaban J connectivity index is 2.39. The van der Waals surface area contributed by atoms with Gasteiger partial charge in [-0.1, -0.05) is 12.1 Å². The molecule has 1 heterocycles. The predicted octanol–water partition coefficient (Wildman–Crippen LogP) is 4.04. The topological polar surface area (TPSA) is 50.9 Å². The van der Waals surface area contributed by atoms with Gasteiger partial charge in [0.05, 0.1) is 5.56 Å². The Morgan fingerprint density at radius 1 is 1.10 bits per heavy atom. The molecule has 3 nitrogen and oxygen atoms in total. The molecule has 0 atom stereocenters.